The third kappa shape index (κ3) is 9.70. The summed E-state index contributed by atoms with van der Waals surface area (Å²) in [6.07, 6.45) is 2.34. The summed E-state index contributed by atoms with van der Waals surface area (Å²) in [6, 6.07) is -2.39. The maximum atomic E-state index is 13.5. The summed E-state index contributed by atoms with van der Waals surface area (Å²) in [4.78, 5) is 54.9. The highest BCUT2D eigenvalue weighted by Gasteiger charge is 2.38. The monoisotopic (exact) mass is 692 g/mol. The number of fused-ring (bicyclic) bond motifs is 1. The van der Waals surface area contributed by atoms with Gasteiger partial charge in [0.15, 0.2) is 0 Å². The summed E-state index contributed by atoms with van der Waals surface area (Å²) in [7, 11) is -4.13. The molecule has 3 atom stereocenters. The van der Waals surface area contributed by atoms with Gasteiger partial charge in [-0.3, -0.25) is 19.4 Å². The summed E-state index contributed by atoms with van der Waals surface area (Å²) in [5.41, 5.74) is 6.76. The second-order valence-corrected chi connectivity index (χ2v) is 15.0. The molecule has 0 spiro atoms. The van der Waals surface area contributed by atoms with Crippen LogP contribution in [0.15, 0.2) is 22.5 Å². The average molecular weight is 693 g/mol. The topological polar surface area (TPSA) is 218 Å². The van der Waals surface area contributed by atoms with Gasteiger partial charge < -0.3 is 31.5 Å². The third-order valence-electron chi connectivity index (χ3n) is 8.35. The van der Waals surface area contributed by atoms with Crippen LogP contribution >= 0.6 is 0 Å². The van der Waals surface area contributed by atoms with Crippen molar-refractivity contribution in [2.45, 2.75) is 123 Å². The molecular formula is C33H52N6O8S. The molecule has 0 unspecified atom stereocenters. The number of benzene rings is 1. The molecule has 0 fully saturated rings. The summed E-state index contributed by atoms with van der Waals surface area (Å²) < 4.78 is 35.4. The molecule has 7 N–H and O–H groups in total. The van der Waals surface area contributed by atoms with Crippen LogP contribution in [0.25, 0.3) is 0 Å². The third-order valence-corrected chi connectivity index (χ3v) is 9.98. The molecule has 15 heteroatoms. The van der Waals surface area contributed by atoms with Crippen molar-refractivity contribution in [2.75, 3.05) is 6.54 Å². The van der Waals surface area contributed by atoms with Crippen LogP contribution in [0.5, 0.6) is 5.75 Å². The molecule has 0 saturated carbocycles. The molecule has 0 radical (unpaired) electrons. The minimum atomic E-state index is -4.13. The fourth-order valence-electron chi connectivity index (χ4n) is 5.47. The molecule has 2 rings (SSSR count). The van der Waals surface area contributed by atoms with Crippen molar-refractivity contribution >= 4 is 39.7 Å². The van der Waals surface area contributed by atoms with Gasteiger partial charge in [-0.05, 0) is 83.9 Å². The minimum Gasteiger partial charge on any atom is -0.487 e. The summed E-state index contributed by atoms with van der Waals surface area (Å²) in [5, 5.41) is 17.2. The number of aliphatic imine (C=N–C) groups is 1. The van der Waals surface area contributed by atoms with Crippen molar-refractivity contribution in [3.8, 4) is 5.75 Å². The SMILES string of the molecule is C=CC[C@@](C)(NC(=O)C(C)C)C(=O)N[C@@H](CCCN=C(N)NS(=O)(=O)c1c(C)c(C)c2c(c1C)CC(C)(C)O2)C(=O)N[C@@H](CC)C(=O)O. The first-order valence-corrected chi connectivity index (χ1v) is 17.5. The van der Waals surface area contributed by atoms with Crippen LogP contribution in [0.1, 0.15) is 89.5 Å². The molecule has 1 aliphatic rings. The summed E-state index contributed by atoms with van der Waals surface area (Å²) in [5.74, 6) is -3.10. The average Bonchev–Trinajstić information content (AvgIpc) is 3.31. The Labute approximate surface area is 283 Å². The highest BCUT2D eigenvalue weighted by molar-refractivity contribution is 7.90. The van der Waals surface area contributed by atoms with E-state index in [4.69, 9.17) is 10.5 Å². The number of sulfonamides is 1. The normalized spacial score (nSPS) is 16.5. The Kier molecular flexibility index (Phi) is 13.2. The number of carbonyl (C=O) groups is 4. The molecule has 3 amide bonds. The number of carbonyl (C=O) groups excluding carboxylic acids is 3. The number of ether oxygens (including phenoxy) is 1. The van der Waals surface area contributed by atoms with E-state index in [2.05, 4.69) is 32.2 Å². The molecule has 1 aliphatic heterocycles. The second-order valence-electron chi connectivity index (χ2n) is 13.4. The molecule has 1 aromatic rings. The number of nitrogens with one attached hydrogen (secondary N) is 4. The smallest absolute Gasteiger partial charge is 0.326 e. The van der Waals surface area contributed by atoms with E-state index in [0.717, 1.165) is 11.1 Å². The van der Waals surface area contributed by atoms with E-state index >= 15 is 0 Å². The maximum absolute atomic E-state index is 13.5. The Morgan fingerprint density at radius 3 is 2.25 bits per heavy atom. The number of nitrogens with two attached hydrogens (primary N) is 1. The zero-order valence-corrected chi connectivity index (χ0v) is 30.3. The number of rotatable bonds is 16. The Morgan fingerprint density at radius 1 is 1.08 bits per heavy atom. The summed E-state index contributed by atoms with van der Waals surface area (Å²) in [6.45, 7) is 19.2. The van der Waals surface area contributed by atoms with E-state index in [1.54, 1.807) is 34.6 Å². The standard InChI is InChI=1S/C33H52N6O8S/c1-11-15-33(10,38-27(40)18(3)4)30(44)37-24(28(41)36-23(12-2)29(42)43)14-13-16-35-31(34)39-48(45,46)26-20(6)19(5)25-22(21(26)7)17-32(8,9)47-25/h11,18,23-24H,1,12-17H2,2-10H3,(H,36,41)(H,37,44)(H,38,40)(H,42,43)(H3,34,35,39)/t23-,24-,33+/m0/s1. The van der Waals surface area contributed by atoms with Gasteiger partial charge in [-0.25, -0.2) is 17.9 Å². The Balaban J connectivity index is 2.25. The van der Waals surface area contributed by atoms with Gasteiger partial charge in [-0.2, -0.15) is 0 Å². The number of guanidine groups is 1. The molecule has 0 aromatic heterocycles. The number of aliphatic carboxylic acids is 1. The number of nitrogens with zero attached hydrogens (tertiary/aromatic N) is 1. The zero-order chi connectivity index (χ0) is 36.8. The quantitative estimate of drug-likeness (QED) is 0.0647. The molecule has 0 bridgehead atoms. The highest BCUT2D eigenvalue weighted by Crippen LogP contribution is 2.43. The van der Waals surface area contributed by atoms with Crippen LogP contribution in [0.2, 0.25) is 0 Å². The lowest BCUT2D eigenvalue weighted by atomic mass is 9.94. The number of amides is 3. The van der Waals surface area contributed by atoms with Crippen molar-refractivity contribution in [2.24, 2.45) is 16.6 Å². The van der Waals surface area contributed by atoms with Crippen LogP contribution in [-0.4, -0.2) is 72.9 Å². The van der Waals surface area contributed by atoms with Crippen LogP contribution in [0, 0.1) is 26.7 Å². The number of hydrogen-bond donors (Lipinski definition) is 6. The van der Waals surface area contributed by atoms with Gasteiger partial charge >= 0.3 is 5.97 Å². The van der Waals surface area contributed by atoms with Crippen molar-refractivity contribution < 1.29 is 37.4 Å². The number of carboxylic acid groups (broad SMARTS) is 1. The van der Waals surface area contributed by atoms with E-state index in [-0.39, 0.29) is 49.0 Å². The lowest BCUT2D eigenvalue weighted by molar-refractivity contribution is -0.142. The predicted molar refractivity (Wildman–Crippen MR) is 183 cm³/mol. The fraction of sp³-hybridized carbons (Fsp3) is 0.606. The summed E-state index contributed by atoms with van der Waals surface area (Å²) >= 11 is 0. The maximum Gasteiger partial charge on any atom is 0.326 e. The Hall–Kier alpha value is -4.14. The van der Waals surface area contributed by atoms with Crippen molar-refractivity contribution in [3.63, 3.8) is 0 Å². The number of hydrogen-bond acceptors (Lipinski definition) is 8. The molecule has 0 aliphatic carbocycles. The largest absolute Gasteiger partial charge is 0.487 e. The molecular weight excluding hydrogens is 640 g/mol. The van der Waals surface area contributed by atoms with Gasteiger partial charge in [0.1, 0.15) is 29.0 Å². The van der Waals surface area contributed by atoms with E-state index in [1.807, 2.05) is 20.8 Å². The molecule has 48 heavy (non-hydrogen) atoms. The van der Waals surface area contributed by atoms with Gasteiger partial charge in [0.2, 0.25) is 23.7 Å². The van der Waals surface area contributed by atoms with Crippen molar-refractivity contribution in [1.82, 2.24) is 20.7 Å². The molecule has 268 valence electrons. The van der Waals surface area contributed by atoms with E-state index in [9.17, 15) is 32.7 Å². The van der Waals surface area contributed by atoms with Gasteiger partial charge in [0, 0.05) is 24.4 Å². The first-order valence-electron chi connectivity index (χ1n) is 16.0. The number of carboxylic acids is 1. The van der Waals surface area contributed by atoms with Crippen molar-refractivity contribution in [1.29, 1.82) is 0 Å². The lowest BCUT2D eigenvalue weighted by Gasteiger charge is -2.31. The van der Waals surface area contributed by atoms with Gasteiger partial charge in [0.25, 0.3) is 10.0 Å². The fourth-order valence-corrected chi connectivity index (χ4v) is 6.99. The second kappa shape index (κ2) is 15.8. The molecule has 1 heterocycles. The van der Waals surface area contributed by atoms with E-state index in [1.165, 1.54) is 13.0 Å². The van der Waals surface area contributed by atoms with Gasteiger partial charge in [-0.15, -0.1) is 6.58 Å². The first-order chi connectivity index (χ1) is 22.1. The Morgan fingerprint density at radius 2 is 1.71 bits per heavy atom. The minimum absolute atomic E-state index is 0.00251. The molecule has 1 aromatic carbocycles. The van der Waals surface area contributed by atoms with Gasteiger partial charge in [0.05, 0.1) is 4.90 Å². The van der Waals surface area contributed by atoms with Crippen LogP contribution in [0.3, 0.4) is 0 Å². The molecule has 0 saturated heterocycles. The van der Waals surface area contributed by atoms with Crippen LogP contribution in [0.4, 0.5) is 0 Å². The van der Waals surface area contributed by atoms with E-state index < -0.39 is 56.9 Å². The molecule has 14 nitrogen and oxygen atoms in total. The first kappa shape index (κ1) is 40.0. The highest BCUT2D eigenvalue weighted by atomic mass is 32.2. The van der Waals surface area contributed by atoms with Crippen molar-refractivity contribution in [3.05, 3.63) is 34.9 Å². The predicted octanol–water partition coefficient (Wildman–Crippen LogP) is 2.27. The van der Waals surface area contributed by atoms with Crippen LogP contribution < -0.4 is 31.1 Å². The Bertz CT molecular complexity index is 1570. The zero-order valence-electron chi connectivity index (χ0n) is 29.5. The van der Waals surface area contributed by atoms with E-state index in [0.29, 0.717) is 23.3 Å². The lowest BCUT2D eigenvalue weighted by Crippen LogP contribution is -2.61. The van der Waals surface area contributed by atoms with Crippen LogP contribution in [-0.2, 0) is 35.6 Å². The van der Waals surface area contributed by atoms with Gasteiger partial charge in [-0.1, -0.05) is 26.8 Å².